The highest BCUT2D eigenvalue weighted by Crippen LogP contribution is 2.19. The van der Waals surface area contributed by atoms with Crippen LogP contribution in [0, 0.1) is 11.3 Å². The molecule has 1 aromatic carbocycles. The summed E-state index contributed by atoms with van der Waals surface area (Å²) in [6, 6.07) is 7.54. The number of hydrogen-bond donors (Lipinski definition) is 2. The Morgan fingerprint density at radius 3 is 2.87 bits per heavy atom. The molecule has 0 saturated carbocycles. The highest BCUT2D eigenvalue weighted by molar-refractivity contribution is 9.10. The van der Waals surface area contributed by atoms with E-state index in [1.165, 1.54) is 0 Å². The van der Waals surface area contributed by atoms with Crippen molar-refractivity contribution in [3.63, 3.8) is 0 Å². The molecule has 0 aliphatic carbocycles. The first kappa shape index (κ1) is 12.0. The zero-order valence-electron chi connectivity index (χ0n) is 8.50. The van der Waals surface area contributed by atoms with E-state index in [1.54, 1.807) is 19.1 Å². The number of anilines is 1. The third-order valence-electron chi connectivity index (χ3n) is 1.92. The smallest absolute Gasteiger partial charge is 0.0992 e. The molecule has 0 bridgehead atoms. The summed E-state index contributed by atoms with van der Waals surface area (Å²) in [6.45, 7) is 2.45. The first-order valence-electron chi connectivity index (χ1n) is 4.74. The van der Waals surface area contributed by atoms with Crippen molar-refractivity contribution in [3.05, 3.63) is 28.2 Å². The summed E-state index contributed by atoms with van der Waals surface area (Å²) in [6.07, 6.45) is 0.383. The van der Waals surface area contributed by atoms with Crippen LogP contribution in [0.4, 0.5) is 5.69 Å². The van der Waals surface area contributed by atoms with E-state index < -0.39 is 0 Å². The lowest BCUT2D eigenvalue weighted by molar-refractivity contribution is 0.189. The maximum absolute atomic E-state index is 9.08. The predicted molar refractivity (Wildman–Crippen MR) is 63.6 cm³/mol. The highest BCUT2D eigenvalue weighted by Gasteiger charge is 1.99. The number of nitrogens with one attached hydrogen (secondary N) is 1. The molecule has 0 radical (unpaired) electrons. The van der Waals surface area contributed by atoms with E-state index in [0.29, 0.717) is 18.5 Å². The lowest BCUT2D eigenvalue weighted by Crippen LogP contribution is -2.09. The first-order chi connectivity index (χ1) is 7.11. The largest absolute Gasteiger partial charge is 0.393 e. The molecule has 1 aromatic rings. The van der Waals surface area contributed by atoms with Gasteiger partial charge in [0.05, 0.1) is 17.7 Å². The third-order valence-corrected chi connectivity index (χ3v) is 2.38. The van der Waals surface area contributed by atoms with E-state index in [9.17, 15) is 0 Å². The van der Waals surface area contributed by atoms with Gasteiger partial charge in [0.25, 0.3) is 0 Å². The molecule has 15 heavy (non-hydrogen) atoms. The van der Waals surface area contributed by atoms with Crippen molar-refractivity contribution in [1.82, 2.24) is 0 Å². The summed E-state index contributed by atoms with van der Waals surface area (Å²) in [5, 5.41) is 21.0. The van der Waals surface area contributed by atoms with Gasteiger partial charge in [-0.15, -0.1) is 0 Å². The van der Waals surface area contributed by atoms with E-state index in [1.807, 2.05) is 6.07 Å². The minimum atomic E-state index is -0.305. The van der Waals surface area contributed by atoms with Crippen molar-refractivity contribution >= 4 is 21.6 Å². The summed E-state index contributed by atoms with van der Waals surface area (Å²) in [4.78, 5) is 0. The number of aliphatic hydroxyl groups is 1. The molecule has 1 unspecified atom stereocenters. The van der Waals surface area contributed by atoms with Gasteiger partial charge in [-0.25, -0.2) is 0 Å². The van der Waals surface area contributed by atoms with E-state index in [2.05, 4.69) is 27.3 Å². The Labute approximate surface area is 97.9 Å². The third kappa shape index (κ3) is 4.32. The molecule has 0 aromatic heterocycles. The second-order valence-electron chi connectivity index (χ2n) is 3.40. The summed E-state index contributed by atoms with van der Waals surface area (Å²) >= 11 is 3.33. The molecule has 0 amide bonds. The number of hydrogen-bond acceptors (Lipinski definition) is 3. The minimum Gasteiger partial charge on any atom is -0.393 e. The first-order valence-corrected chi connectivity index (χ1v) is 5.53. The van der Waals surface area contributed by atoms with E-state index in [4.69, 9.17) is 10.4 Å². The molecule has 3 nitrogen and oxygen atoms in total. The van der Waals surface area contributed by atoms with Crippen LogP contribution in [0.2, 0.25) is 0 Å². The summed E-state index contributed by atoms with van der Waals surface area (Å²) < 4.78 is 0.876. The number of halogens is 1. The lowest BCUT2D eigenvalue weighted by Gasteiger charge is -2.08. The Morgan fingerprint density at radius 2 is 2.27 bits per heavy atom. The predicted octanol–water partition coefficient (Wildman–Crippen LogP) is 2.50. The molecule has 0 saturated heterocycles. The van der Waals surface area contributed by atoms with Crippen LogP contribution < -0.4 is 5.32 Å². The van der Waals surface area contributed by atoms with Gasteiger partial charge in [0, 0.05) is 16.7 Å². The Morgan fingerprint density at radius 1 is 1.53 bits per heavy atom. The van der Waals surface area contributed by atoms with Crippen LogP contribution in [0.3, 0.4) is 0 Å². The van der Waals surface area contributed by atoms with Crippen molar-refractivity contribution in [2.45, 2.75) is 19.4 Å². The van der Waals surface area contributed by atoms with Crippen molar-refractivity contribution in [2.75, 3.05) is 11.9 Å². The molecular formula is C11H13BrN2O. The number of aliphatic hydroxyl groups excluding tert-OH is 1. The molecule has 0 fully saturated rings. The van der Waals surface area contributed by atoms with Crippen LogP contribution in [-0.2, 0) is 0 Å². The number of benzene rings is 1. The number of rotatable bonds is 4. The molecule has 4 heteroatoms. The topological polar surface area (TPSA) is 56.0 Å². The number of nitrogens with zero attached hydrogens (tertiary/aromatic N) is 1. The van der Waals surface area contributed by atoms with E-state index >= 15 is 0 Å². The van der Waals surface area contributed by atoms with Gasteiger partial charge in [-0.05, 0) is 31.5 Å². The fourth-order valence-corrected chi connectivity index (χ4v) is 1.67. The Hall–Kier alpha value is -1.05. The second kappa shape index (κ2) is 5.74. The average Bonchev–Trinajstić information content (AvgIpc) is 2.16. The lowest BCUT2D eigenvalue weighted by atomic mass is 10.2. The highest BCUT2D eigenvalue weighted by atomic mass is 79.9. The normalized spacial score (nSPS) is 11.9. The molecule has 1 atom stereocenters. The quantitative estimate of drug-likeness (QED) is 0.883. The van der Waals surface area contributed by atoms with Crippen molar-refractivity contribution in [1.29, 1.82) is 5.26 Å². The van der Waals surface area contributed by atoms with Crippen molar-refractivity contribution < 1.29 is 5.11 Å². The van der Waals surface area contributed by atoms with Crippen LogP contribution in [0.15, 0.2) is 22.7 Å². The van der Waals surface area contributed by atoms with Crippen molar-refractivity contribution in [3.8, 4) is 6.07 Å². The van der Waals surface area contributed by atoms with E-state index in [0.717, 1.165) is 10.2 Å². The molecule has 0 spiro atoms. The summed E-state index contributed by atoms with van der Waals surface area (Å²) in [5.74, 6) is 0. The Kier molecular flexibility index (Phi) is 4.60. The van der Waals surface area contributed by atoms with Crippen LogP contribution in [0.1, 0.15) is 18.9 Å². The molecule has 0 aliphatic heterocycles. The van der Waals surface area contributed by atoms with Gasteiger partial charge >= 0.3 is 0 Å². The van der Waals surface area contributed by atoms with Crippen LogP contribution in [-0.4, -0.2) is 17.8 Å². The average molecular weight is 269 g/mol. The van der Waals surface area contributed by atoms with Crippen LogP contribution >= 0.6 is 15.9 Å². The van der Waals surface area contributed by atoms with Crippen LogP contribution in [0.25, 0.3) is 0 Å². The van der Waals surface area contributed by atoms with Gasteiger partial charge in [-0.3, -0.25) is 0 Å². The van der Waals surface area contributed by atoms with Crippen molar-refractivity contribution in [2.24, 2.45) is 0 Å². The minimum absolute atomic E-state index is 0.305. The monoisotopic (exact) mass is 268 g/mol. The second-order valence-corrected chi connectivity index (χ2v) is 4.32. The molecular weight excluding hydrogens is 256 g/mol. The van der Waals surface area contributed by atoms with Gasteiger partial charge < -0.3 is 10.4 Å². The van der Waals surface area contributed by atoms with Gasteiger partial charge in [0.1, 0.15) is 0 Å². The van der Waals surface area contributed by atoms with E-state index in [-0.39, 0.29) is 6.10 Å². The molecule has 1 rings (SSSR count). The Balaban J connectivity index is 2.61. The zero-order chi connectivity index (χ0) is 11.3. The van der Waals surface area contributed by atoms with Gasteiger partial charge in [0.2, 0.25) is 0 Å². The number of nitriles is 1. The van der Waals surface area contributed by atoms with Crippen LogP contribution in [0.5, 0.6) is 0 Å². The zero-order valence-corrected chi connectivity index (χ0v) is 10.1. The standard InChI is InChI=1S/C11H13BrN2O/c1-8(15)2-3-14-11-5-9(7-13)4-10(12)6-11/h4-6,8,14-15H,2-3H2,1H3. The maximum atomic E-state index is 9.08. The summed E-state index contributed by atoms with van der Waals surface area (Å²) in [5.41, 5.74) is 1.51. The summed E-state index contributed by atoms with van der Waals surface area (Å²) in [7, 11) is 0. The molecule has 0 aliphatic rings. The van der Waals surface area contributed by atoms with Gasteiger partial charge in [-0.2, -0.15) is 5.26 Å². The molecule has 80 valence electrons. The fraction of sp³-hybridized carbons (Fsp3) is 0.364. The fourth-order valence-electron chi connectivity index (χ4n) is 1.18. The molecule has 2 N–H and O–H groups in total. The maximum Gasteiger partial charge on any atom is 0.0992 e. The SMILES string of the molecule is CC(O)CCNc1cc(Br)cc(C#N)c1. The molecule has 0 heterocycles. The van der Waals surface area contributed by atoms with Gasteiger partial charge in [0.15, 0.2) is 0 Å². The van der Waals surface area contributed by atoms with Gasteiger partial charge in [-0.1, -0.05) is 15.9 Å². The Bertz CT molecular complexity index is 371.